The lowest BCUT2D eigenvalue weighted by molar-refractivity contribution is -0.0420. The van der Waals surface area contributed by atoms with E-state index in [2.05, 4.69) is 5.32 Å². The van der Waals surface area contributed by atoms with Gasteiger partial charge in [-0.25, -0.2) is 8.78 Å². The number of hydrogen-bond donors (Lipinski definition) is 1. The topological polar surface area (TPSA) is 12.0 Å². The Morgan fingerprint density at radius 1 is 1.40 bits per heavy atom. The molecule has 0 radical (unpaired) electrons. The van der Waals surface area contributed by atoms with Gasteiger partial charge in [-0.2, -0.15) is 0 Å². The number of rotatable bonds is 1. The zero-order valence-electron chi connectivity index (χ0n) is 8.14. The minimum absolute atomic E-state index is 0.246. The molecule has 1 saturated heterocycles. The average Bonchev–Trinajstić information content (AvgIpc) is 2.17. The second-order valence-electron chi connectivity index (χ2n) is 3.83. The number of alkyl halides is 2. The van der Waals surface area contributed by atoms with E-state index in [4.69, 9.17) is 11.6 Å². The molecule has 0 bridgehead atoms. The van der Waals surface area contributed by atoms with E-state index < -0.39 is 11.8 Å². The molecule has 15 heavy (non-hydrogen) atoms. The molecule has 1 aromatic carbocycles. The van der Waals surface area contributed by atoms with Crippen LogP contribution < -0.4 is 5.32 Å². The van der Waals surface area contributed by atoms with Crippen LogP contribution in [0.4, 0.5) is 8.78 Å². The lowest BCUT2D eigenvalue weighted by Gasteiger charge is -2.32. The molecule has 82 valence electrons. The van der Waals surface area contributed by atoms with Gasteiger partial charge < -0.3 is 5.32 Å². The van der Waals surface area contributed by atoms with Gasteiger partial charge in [0.05, 0.1) is 12.5 Å². The van der Waals surface area contributed by atoms with Crippen molar-refractivity contribution in [2.45, 2.75) is 18.3 Å². The number of benzene rings is 1. The number of halogens is 3. The van der Waals surface area contributed by atoms with Crippen LogP contribution in [0.5, 0.6) is 0 Å². The molecule has 0 aliphatic carbocycles. The summed E-state index contributed by atoms with van der Waals surface area (Å²) in [7, 11) is 0. The summed E-state index contributed by atoms with van der Waals surface area (Å²) in [5.41, 5.74) is 0.633. The van der Waals surface area contributed by atoms with Gasteiger partial charge in [-0.3, -0.25) is 0 Å². The highest BCUT2D eigenvalue weighted by atomic mass is 35.5. The van der Waals surface area contributed by atoms with Gasteiger partial charge in [-0.15, -0.1) is 0 Å². The lowest BCUT2D eigenvalue weighted by atomic mass is 9.87. The van der Waals surface area contributed by atoms with Crippen LogP contribution in [0, 0.1) is 0 Å². The normalized spacial score (nSPS) is 25.1. The van der Waals surface area contributed by atoms with E-state index in [-0.39, 0.29) is 6.54 Å². The molecule has 1 nitrogen and oxygen atoms in total. The van der Waals surface area contributed by atoms with Crippen molar-refractivity contribution in [1.29, 1.82) is 0 Å². The summed E-state index contributed by atoms with van der Waals surface area (Å²) in [4.78, 5) is 0. The third-order valence-corrected chi connectivity index (χ3v) is 2.97. The molecule has 4 heteroatoms. The van der Waals surface area contributed by atoms with Crippen LogP contribution in [-0.4, -0.2) is 19.0 Å². The first-order valence-corrected chi connectivity index (χ1v) is 5.31. The molecule has 1 aliphatic rings. The number of nitrogens with one attached hydrogen (secondary N) is 1. The largest absolute Gasteiger partial charge is 0.311 e. The molecule has 2 rings (SSSR count). The molecule has 0 aromatic heterocycles. The molecule has 0 spiro atoms. The SMILES string of the molecule is FC1(F)CNCCC1c1cccc(Cl)c1. The fourth-order valence-corrected chi connectivity index (χ4v) is 2.17. The van der Waals surface area contributed by atoms with Crippen molar-refractivity contribution in [1.82, 2.24) is 5.32 Å². The van der Waals surface area contributed by atoms with Crippen molar-refractivity contribution >= 4 is 11.6 Å². The summed E-state index contributed by atoms with van der Waals surface area (Å²) in [5, 5.41) is 3.22. The number of piperidine rings is 1. The summed E-state index contributed by atoms with van der Waals surface area (Å²) in [6.45, 7) is 0.386. The van der Waals surface area contributed by atoms with Gasteiger partial charge in [-0.1, -0.05) is 23.7 Å². The molecule has 0 saturated carbocycles. The van der Waals surface area contributed by atoms with Crippen LogP contribution in [0.3, 0.4) is 0 Å². The Labute approximate surface area is 92.4 Å². The van der Waals surface area contributed by atoms with E-state index in [0.29, 0.717) is 23.6 Å². The maximum atomic E-state index is 13.6. The second kappa shape index (κ2) is 4.06. The molecule has 1 aliphatic heterocycles. The van der Waals surface area contributed by atoms with Crippen molar-refractivity contribution in [2.24, 2.45) is 0 Å². The molecule has 1 atom stereocenters. The highest BCUT2D eigenvalue weighted by Gasteiger charge is 2.42. The van der Waals surface area contributed by atoms with Gasteiger partial charge in [-0.05, 0) is 30.7 Å². The highest BCUT2D eigenvalue weighted by Crippen LogP contribution is 2.38. The zero-order valence-corrected chi connectivity index (χ0v) is 8.90. The van der Waals surface area contributed by atoms with Crippen LogP contribution in [-0.2, 0) is 0 Å². The fraction of sp³-hybridized carbons (Fsp3) is 0.455. The summed E-state index contributed by atoms with van der Waals surface area (Å²) >= 11 is 5.80. The molecule has 1 N–H and O–H groups in total. The maximum Gasteiger partial charge on any atom is 0.267 e. The monoisotopic (exact) mass is 231 g/mol. The molecule has 1 aromatic rings. The van der Waals surface area contributed by atoms with Gasteiger partial charge in [0.1, 0.15) is 0 Å². The fourth-order valence-electron chi connectivity index (χ4n) is 1.97. The standard InChI is InChI=1S/C11H12ClF2N/c12-9-3-1-2-8(6-9)10-4-5-15-7-11(10,13)14/h1-3,6,10,15H,4-5,7H2. The van der Waals surface area contributed by atoms with Crippen LogP contribution in [0.1, 0.15) is 17.9 Å². The molecular formula is C11H12ClF2N. The van der Waals surface area contributed by atoms with E-state index in [1.54, 1.807) is 24.3 Å². The quantitative estimate of drug-likeness (QED) is 0.783. The van der Waals surface area contributed by atoms with Crippen LogP contribution in [0.25, 0.3) is 0 Å². The second-order valence-corrected chi connectivity index (χ2v) is 4.27. The molecule has 0 amide bonds. The predicted octanol–water partition coefficient (Wildman–Crippen LogP) is 3.05. The summed E-state index contributed by atoms with van der Waals surface area (Å²) in [5.74, 6) is -3.39. The van der Waals surface area contributed by atoms with Crippen molar-refractivity contribution in [3.63, 3.8) is 0 Å². The van der Waals surface area contributed by atoms with E-state index in [9.17, 15) is 8.78 Å². The van der Waals surface area contributed by atoms with Gasteiger partial charge in [0.25, 0.3) is 5.92 Å². The first-order valence-electron chi connectivity index (χ1n) is 4.93. The molecular weight excluding hydrogens is 220 g/mol. The molecule has 1 unspecified atom stereocenters. The Hall–Kier alpha value is -0.670. The molecule has 1 fully saturated rings. The maximum absolute atomic E-state index is 13.6. The third kappa shape index (κ3) is 2.29. The van der Waals surface area contributed by atoms with Gasteiger partial charge in [0.2, 0.25) is 0 Å². The Bertz CT molecular complexity index is 354. The van der Waals surface area contributed by atoms with Gasteiger partial charge >= 0.3 is 0 Å². The first kappa shape index (κ1) is 10.8. The summed E-state index contributed by atoms with van der Waals surface area (Å²) in [6.07, 6.45) is 0.452. The average molecular weight is 232 g/mol. The minimum Gasteiger partial charge on any atom is -0.311 e. The van der Waals surface area contributed by atoms with Gasteiger partial charge in [0.15, 0.2) is 0 Å². The number of hydrogen-bond acceptors (Lipinski definition) is 1. The predicted molar refractivity (Wildman–Crippen MR) is 56.6 cm³/mol. The van der Waals surface area contributed by atoms with Crippen LogP contribution in [0.15, 0.2) is 24.3 Å². The smallest absolute Gasteiger partial charge is 0.267 e. The summed E-state index contributed by atoms with van der Waals surface area (Å²) < 4.78 is 27.2. The van der Waals surface area contributed by atoms with Crippen molar-refractivity contribution in [3.8, 4) is 0 Å². The van der Waals surface area contributed by atoms with E-state index in [1.807, 2.05) is 0 Å². The Morgan fingerprint density at radius 2 is 2.20 bits per heavy atom. The van der Waals surface area contributed by atoms with Crippen LogP contribution >= 0.6 is 11.6 Å². The third-order valence-electron chi connectivity index (χ3n) is 2.73. The molecule has 1 heterocycles. The summed E-state index contributed by atoms with van der Waals surface area (Å²) in [6, 6.07) is 6.77. The Kier molecular flexibility index (Phi) is 2.94. The van der Waals surface area contributed by atoms with E-state index in [0.717, 1.165) is 0 Å². The van der Waals surface area contributed by atoms with Crippen molar-refractivity contribution < 1.29 is 8.78 Å². The lowest BCUT2D eigenvalue weighted by Crippen LogP contribution is -2.44. The first-order chi connectivity index (χ1) is 7.09. The van der Waals surface area contributed by atoms with E-state index in [1.165, 1.54) is 0 Å². The van der Waals surface area contributed by atoms with Crippen LogP contribution in [0.2, 0.25) is 5.02 Å². The van der Waals surface area contributed by atoms with Crippen molar-refractivity contribution in [2.75, 3.05) is 13.1 Å². The Morgan fingerprint density at radius 3 is 2.87 bits per heavy atom. The van der Waals surface area contributed by atoms with E-state index >= 15 is 0 Å². The Balaban J connectivity index is 2.29. The minimum atomic E-state index is -2.68. The van der Waals surface area contributed by atoms with Gasteiger partial charge in [0, 0.05) is 5.02 Å². The zero-order chi connectivity index (χ0) is 10.9. The van der Waals surface area contributed by atoms with Crippen molar-refractivity contribution in [3.05, 3.63) is 34.9 Å². The highest BCUT2D eigenvalue weighted by molar-refractivity contribution is 6.30.